The standard InChI is InChI=1S/C14H16O6/c1-9(15)14(2,18)13(17)20-8-12(16)10-4-6-11(19-3)7-5-10/h4-7,18H,8H2,1-3H3/t14-/m0/s1. The predicted octanol–water partition coefficient (Wildman–Crippen LogP) is 0.761. The first kappa shape index (κ1) is 15.8. The summed E-state index contributed by atoms with van der Waals surface area (Å²) in [5.74, 6) is -1.75. The lowest BCUT2D eigenvalue weighted by molar-refractivity contribution is -0.166. The number of rotatable bonds is 6. The largest absolute Gasteiger partial charge is 0.497 e. The van der Waals surface area contributed by atoms with E-state index in [0.717, 1.165) is 13.8 Å². The van der Waals surface area contributed by atoms with Crippen LogP contribution in [0.5, 0.6) is 5.75 Å². The van der Waals surface area contributed by atoms with Crippen LogP contribution in [0.4, 0.5) is 0 Å². The Balaban J connectivity index is 2.63. The summed E-state index contributed by atoms with van der Waals surface area (Å²) in [6.07, 6.45) is 0. The number of hydrogen-bond acceptors (Lipinski definition) is 6. The first-order chi connectivity index (χ1) is 9.28. The molecule has 1 aromatic carbocycles. The van der Waals surface area contributed by atoms with Crippen molar-refractivity contribution in [2.75, 3.05) is 13.7 Å². The van der Waals surface area contributed by atoms with Crippen LogP contribution in [0.2, 0.25) is 0 Å². The summed E-state index contributed by atoms with van der Waals surface area (Å²) >= 11 is 0. The number of Topliss-reactive ketones (excluding diaryl/α,β-unsaturated/α-hetero) is 2. The highest BCUT2D eigenvalue weighted by Crippen LogP contribution is 2.13. The molecule has 0 spiro atoms. The topological polar surface area (TPSA) is 89.9 Å². The molecule has 0 heterocycles. The highest BCUT2D eigenvalue weighted by molar-refractivity contribution is 6.06. The van der Waals surface area contributed by atoms with Crippen LogP contribution in [0.15, 0.2) is 24.3 Å². The molecule has 1 aromatic rings. The van der Waals surface area contributed by atoms with E-state index < -0.39 is 29.7 Å². The molecule has 6 nitrogen and oxygen atoms in total. The zero-order valence-corrected chi connectivity index (χ0v) is 11.5. The number of aliphatic hydroxyl groups is 1. The van der Waals surface area contributed by atoms with E-state index in [0.29, 0.717) is 11.3 Å². The highest BCUT2D eigenvalue weighted by Gasteiger charge is 2.37. The van der Waals surface area contributed by atoms with Crippen molar-refractivity contribution in [3.05, 3.63) is 29.8 Å². The van der Waals surface area contributed by atoms with E-state index in [-0.39, 0.29) is 0 Å². The van der Waals surface area contributed by atoms with Crippen molar-refractivity contribution in [3.63, 3.8) is 0 Å². The maximum Gasteiger partial charge on any atom is 0.346 e. The minimum Gasteiger partial charge on any atom is -0.497 e. The van der Waals surface area contributed by atoms with Gasteiger partial charge in [-0.1, -0.05) is 0 Å². The predicted molar refractivity (Wildman–Crippen MR) is 69.6 cm³/mol. The molecule has 0 aliphatic carbocycles. The number of carbonyl (C=O) groups excluding carboxylic acids is 3. The number of ketones is 2. The molecule has 0 aromatic heterocycles. The number of esters is 1. The first-order valence-electron chi connectivity index (χ1n) is 5.87. The molecule has 0 saturated heterocycles. The van der Waals surface area contributed by atoms with Gasteiger partial charge >= 0.3 is 5.97 Å². The summed E-state index contributed by atoms with van der Waals surface area (Å²) in [5, 5.41) is 9.56. The van der Waals surface area contributed by atoms with Crippen LogP contribution in [0.25, 0.3) is 0 Å². The average molecular weight is 280 g/mol. The molecular formula is C14H16O6. The highest BCUT2D eigenvalue weighted by atomic mass is 16.6. The van der Waals surface area contributed by atoms with Crippen LogP contribution in [0.1, 0.15) is 24.2 Å². The Hall–Kier alpha value is -2.21. The van der Waals surface area contributed by atoms with Crippen LogP contribution in [-0.4, -0.2) is 42.0 Å². The van der Waals surface area contributed by atoms with Gasteiger partial charge in [0.15, 0.2) is 18.2 Å². The van der Waals surface area contributed by atoms with Crippen LogP contribution < -0.4 is 4.74 Å². The Morgan fingerprint density at radius 2 is 1.75 bits per heavy atom. The Morgan fingerprint density at radius 1 is 1.20 bits per heavy atom. The van der Waals surface area contributed by atoms with Gasteiger partial charge in [0, 0.05) is 5.56 Å². The summed E-state index contributed by atoms with van der Waals surface area (Å²) in [5.41, 5.74) is -1.90. The molecule has 0 radical (unpaired) electrons. The summed E-state index contributed by atoms with van der Waals surface area (Å²) in [4.78, 5) is 34.3. The van der Waals surface area contributed by atoms with Crippen LogP contribution in [0, 0.1) is 0 Å². The lowest BCUT2D eigenvalue weighted by Crippen LogP contribution is -2.44. The van der Waals surface area contributed by atoms with Gasteiger partial charge in [-0.3, -0.25) is 9.59 Å². The van der Waals surface area contributed by atoms with Gasteiger partial charge in [0.05, 0.1) is 7.11 Å². The average Bonchev–Trinajstić information content (AvgIpc) is 2.44. The summed E-state index contributed by atoms with van der Waals surface area (Å²) in [7, 11) is 1.50. The van der Waals surface area contributed by atoms with E-state index in [4.69, 9.17) is 4.74 Å². The van der Waals surface area contributed by atoms with E-state index in [1.54, 1.807) is 12.1 Å². The molecule has 108 valence electrons. The van der Waals surface area contributed by atoms with E-state index in [1.165, 1.54) is 19.2 Å². The Morgan fingerprint density at radius 3 is 2.20 bits per heavy atom. The van der Waals surface area contributed by atoms with Gasteiger partial charge in [0.2, 0.25) is 5.60 Å². The van der Waals surface area contributed by atoms with Crippen molar-refractivity contribution >= 4 is 17.5 Å². The van der Waals surface area contributed by atoms with Crippen LogP contribution in [0.3, 0.4) is 0 Å². The van der Waals surface area contributed by atoms with Crippen molar-refractivity contribution in [1.82, 2.24) is 0 Å². The fourth-order valence-electron chi connectivity index (χ4n) is 1.28. The third kappa shape index (κ3) is 3.64. The van der Waals surface area contributed by atoms with E-state index in [1.807, 2.05) is 0 Å². The van der Waals surface area contributed by atoms with E-state index in [9.17, 15) is 19.5 Å². The third-order valence-electron chi connectivity index (χ3n) is 2.83. The molecule has 0 aliphatic heterocycles. The van der Waals surface area contributed by atoms with Crippen molar-refractivity contribution in [2.24, 2.45) is 0 Å². The molecular weight excluding hydrogens is 264 g/mol. The maximum absolute atomic E-state index is 11.8. The Bertz CT molecular complexity index is 515. The molecule has 0 aliphatic rings. The molecule has 6 heteroatoms. The molecule has 0 saturated carbocycles. The number of hydrogen-bond donors (Lipinski definition) is 1. The first-order valence-corrected chi connectivity index (χ1v) is 5.87. The lowest BCUT2D eigenvalue weighted by Gasteiger charge is -2.17. The Kier molecular flexibility index (Phi) is 4.99. The number of methoxy groups -OCH3 is 1. The fraction of sp³-hybridized carbons (Fsp3) is 0.357. The van der Waals surface area contributed by atoms with Gasteiger partial charge in [-0.15, -0.1) is 0 Å². The van der Waals surface area contributed by atoms with Gasteiger partial charge in [-0.05, 0) is 38.1 Å². The maximum atomic E-state index is 11.8. The van der Waals surface area contributed by atoms with Gasteiger partial charge < -0.3 is 14.6 Å². The minimum atomic E-state index is -2.24. The van der Waals surface area contributed by atoms with E-state index >= 15 is 0 Å². The van der Waals surface area contributed by atoms with Gasteiger partial charge in [-0.25, -0.2) is 4.79 Å². The second kappa shape index (κ2) is 6.29. The molecule has 1 atom stereocenters. The third-order valence-corrected chi connectivity index (χ3v) is 2.83. The summed E-state index contributed by atoms with van der Waals surface area (Å²) < 4.78 is 9.60. The summed E-state index contributed by atoms with van der Waals surface area (Å²) in [6, 6.07) is 6.25. The quantitative estimate of drug-likeness (QED) is 0.470. The van der Waals surface area contributed by atoms with Gasteiger partial charge in [0.1, 0.15) is 5.75 Å². The second-order valence-corrected chi connectivity index (χ2v) is 4.36. The van der Waals surface area contributed by atoms with E-state index in [2.05, 4.69) is 4.74 Å². The monoisotopic (exact) mass is 280 g/mol. The SMILES string of the molecule is COc1ccc(C(=O)COC(=O)[C@@](C)(O)C(C)=O)cc1. The van der Waals surface area contributed by atoms with Crippen LogP contribution >= 0.6 is 0 Å². The molecule has 0 bridgehead atoms. The number of benzene rings is 1. The second-order valence-electron chi connectivity index (χ2n) is 4.36. The Labute approximate surface area is 116 Å². The normalized spacial score (nSPS) is 13.2. The van der Waals surface area contributed by atoms with Crippen LogP contribution in [-0.2, 0) is 14.3 Å². The molecule has 0 unspecified atom stereocenters. The van der Waals surface area contributed by atoms with Crippen molar-refractivity contribution in [1.29, 1.82) is 0 Å². The minimum absolute atomic E-state index is 0.334. The summed E-state index contributed by atoms with van der Waals surface area (Å²) in [6.45, 7) is 1.54. The molecule has 1 rings (SSSR count). The zero-order chi connectivity index (χ0) is 15.3. The van der Waals surface area contributed by atoms with Gasteiger partial charge in [-0.2, -0.15) is 0 Å². The number of carbonyl (C=O) groups is 3. The zero-order valence-electron chi connectivity index (χ0n) is 11.5. The smallest absolute Gasteiger partial charge is 0.346 e. The molecule has 20 heavy (non-hydrogen) atoms. The lowest BCUT2D eigenvalue weighted by atomic mass is 10.0. The van der Waals surface area contributed by atoms with Crippen molar-refractivity contribution in [3.8, 4) is 5.75 Å². The van der Waals surface area contributed by atoms with Crippen molar-refractivity contribution < 1.29 is 29.0 Å². The number of ether oxygens (including phenoxy) is 2. The molecule has 1 N–H and O–H groups in total. The van der Waals surface area contributed by atoms with Crippen molar-refractivity contribution in [2.45, 2.75) is 19.4 Å². The molecule has 0 fully saturated rings. The fourth-order valence-corrected chi connectivity index (χ4v) is 1.28. The van der Waals surface area contributed by atoms with Gasteiger partial charge in [0.25, 0.3) is 0 Å². The molecule has 0 amide bonds.